The number of carbonyl (C=O) groups is 3. The van der Waals surface area contributed by atoms with Gasteiger partial charge in [0.15, 0.2) is 18.4 Å². The van der Waals surface area contributed by atoms with Crippen LogP contribution in [-0.4, -0.2) is 57.5 Å². The first-order valence-corrected chi connectivity index (χ1v) is 13.2. The molecule has 1 aliphatic rings. The molecule has 4 atom stereocenters. The number of rotatable bonds is 9. The van der Waals surface area contributed by atoms with Crippen molar-refractivity contribution in [3.8, 4) is 0 Å². The third-order valence-electron chi connectivity index (χ3n) is 6.66. The Balaban J connectivity index is 1.53. The van der Waals surface area contributed by atoms with Crippen LogP contribution in [0.4, 0.5) is 0 Å². The molecule has 12 heteroatoms. The Hall–Kier alpha value is -5.33. The lowest BCUT2D eigenvalue weighted by atomic mass is 10.1. The van der Waals surface area contributed by atoms with Crippen molar-refractivity contribution in [2.45, 2.75) is 31.1 Å². The number of ether oxygens (including phenoxy) is 4. The van der Waals surface area contributed by atoms with Gasteiger partial charge >= 0.3 is 23.6 Å². The average molecular weight is 587 g/mol. The predicted octanol–water partition coefficient (Wildman–Crippen LogP) is 2.23. The maximum atomic E-state index is 13.2. The molecular formula is C31H26N2O10. The molecule has 220 valence electrons. The van der Waals surface area contributed by atoms with Gasteiger partial charge in [-0.05, 0) is 36.4 Å². The van der Waals surface area contributed by atoms with Crippen molar-refractivity contribution >= 4 is 17.9 Å². The van der Waals surface area contributed by atoms with E-state index in [9.17, 15) is 29.1 Å². The van der Waals surface area contributed by atoms with Gasteiger partial charge in [-0.3, -0.25) is 14.3 Å². The zero-order valence-electron chi connectivity index (χ0n) is 22.5. The molecule has 43 heavy (non-hydrogen) atoms. The van der Waals surface area contributed by atoms with Crippen LogP contribution < -0.4 is 11.2 Å². The molecule has 0 radical (unpaired) electrons. The zero-order chi connectivity index (χ0) is 30.3. The molecule has 12 nitrogen and oxygen atoms in total. The number of aliphatic hydroxyl groups is 1. The number of hydrogen-bond acceptors (Lipinski definition) is 10. The second-order valence-electron chi connectivity index (χ2n) is 9.48. The van der Waals surface area contributed by atoms with E-state index in [1.54, 1.807) is 66.7 Å². The summed E-state index contributed by atoms with van der Waals surface area (Å²) in [7, 11) is 0. The van der Waals surface area contributed by atoms with E-state index in [4.69, 9.17) is 18.9 Å². The number of aliphatic hydroxyl groups excluding tert-OH is 1. The molecule has 1 saturated heterocycles. The van der Waals surface area contributed by atoms with Gasteiger partial charge in [0.25, 0.3) is 5.56 Å². The molecule has 4 aromatic rings. The van der Waals surface area contributed by atoms with Gasteiger partial charge in [-0.1, -0.05) is 54.6 Å². The highest BCUT2D eigenvalue weighted by molar-refractivity contribution is 5.91. The summed E-state index contributed by atoms with van der Waals surface area (Å²) in [6.07, 6.45) is -4.48. The van der Waals surface area contributed by atoms with Crippen molar-refractivity contribution in [2.75, 3.05) is 6.61 Å². The third-order valence-corrected chi connectivity index (χ3v) is 6.66. The number of hydrogen-bond donors (Lipinski definition) is 2. The molecule has 0 aliphatic carbocycles. The van der Waals surface area contributed by atoms with Crippen LogP contribution in [0.2, 0.25) is 0 Å². The minimum atomic E-state index is -1.46. The molecule has 0 unspecified atom stereocenters. The second kappa shape index (κ2) is 13.1. The van der Waals surface area contributed by atoms with E-state index in [1.807, 2.05) is 0 Å². The van der Waals surface area contributed by atoms with Crippen LogP contribution >= 0.6 is 0 Å². The molecular weight excluding hydrogens is 560 g/mol. The Morgan fingerprint density at radius 1 is 0.744 bits per heavy atom. The first kappa shape index (κ1) is 29.2. The van der Waals surface area contributed by atoms with Crippen molar-refractivity contribution in [1.29, 1.82) is 0 Å². The fourth-order valence-electron chi connectivity index (χ4n) is 4.51. The van der Waals surface area contributed by atoms with Crippen molar-refractivity contribution < 1.29 is 38.4 Å². The van der Waals surface area contributed by atoms with Gasteiger partial charge in [0, 0.05) is 6.20 Å². The summed E-state index contributed by atoms with van der Waals surface area (Å²) in [5.74, 6) is -2.30. The highest BCUT2D eigenvalue weighted by Gasteiger charge is 2.51. The highest BCUT2D eigenvalue weighted by Crippen LogP contribution is 2.34. The average Bonchev–Trinajstić information content (AvgIpc) is 3.36. The Morgan fingerprint density at radius 2 is 1.23 bits per heavy atom. The van der Waals surface area contributed by atoms with Crippen LogP contribution in [0.15, 0.2) is 107 Å². The molecule has 0 amide bonds. The smallest absolute Gasteiger partial charge is 0.338 e. The van der Waals surface area contributed by atoms with Crippen molar-refractivity contribution in [1.82, 2.24) is 9.55 Å². The lowest BCUT2D eigenvalue weighted by molar-refractivity contribution is -0.0641. The fraction of sp³-hybridized carbons (Fsp3) is 0.194. The third kappa shape index (κ3) is 6.61. The molecule has 1 aliphatic heterocycles. The minimum Gasteiger partial charge on any atom is -0.459 e. The number of esters is 3. The topological polar surface area (TPSA) is 163 Å². The van der Waals surface area contributed by atoms with E-state index >= 15 is 0 Å². The molecule has 0 saturated carbocycles. The summed E-state index contributed by atoms with van der Waals surface area (Å²) in [5, 5.41) is 9.65. The Kier molecular flexibility index (Phi) is 8.89. The quantitative estimate of drug-likeness (QED) is 0.220. The van der Waals surface area contributed by atoms with Crippen LogP contribution in [0.3, 0.4) is 0 Å². The van der Waals surface area contributed by atoms with Crippen LogP contribution in [0, 0.1) is 0 Å². The van der Waals surface area contributed by atoms with Crippen molar-refractivity contribution in [3.63, 3.8) is 0 Å². The summed E-state index contributed by atoms with van der Waals surface area (Å²) in [4.78, 5) is 66.3. The van der Waals surface area contributed by atoms with Crippen LogP contribution in [0.5, 0.6) is 0 Å². The summed E-state index contributed by atoms with van der Waals surface area (Å²) >= 11 is 0. The second-order valence-corrected chi connectivity index (χ2v) is 9.48. The van der Waals surface area contributed by atoms with E-state index in [1.165, 1.54) is 24.3 Å². The molecule has 2 heterocycles. The number of aromatic amines is 1. The van der Waals surface area contributed by atoms with Gasteiger partial charge in [-0.15, -0.1) is 0 Å². The summed E-state index contributed by atoms with van der Waals surface area (Å²) in [6.45, 7) is -1.16. The van der Waals surface area contributed by atoms with E-state index in [2.05, 4.69) is 4.98 Å². The van der Waals surface area contributed by atoms with E-state index in [0.29, 0.717) is 0 Å². The number of H-pyrrole nitrogens is 1. The number of aromatic nitrogens is 2. The van der Waals surface area contributed by atoms with Crippen molar-refractivity contribution in [3.05, 3.63) is 140 Å². The first-order chi connectivity index (χ1) is 20.9. The summed E-state index contributed by atoms with van der Waals surface area (Å²) in [5.41, 5.74) is -1.33. The number of benzene rings is 3. The van der Waals surface area contributed by atoms with Gasteiger partial charge in [-0.25, -0.2) is 19.2 Å². The van der Waals surface area contributed by atoms with E-state index in [0.717, 1.165) is 10.8 Å². The summed E-state index contributed by atoms with van der Waals surface area (Å²) < 4.78 is 24.1. The maximum absolute atomic E-state index is 13.2. The minimum absolute atomic E-state index is 0.165. The molecule has 0 bridgehead atoms. The molecule has 3 aromatic carbocycles. The van der Waals surface area contributed by atoms with Crippen LogP contribution in [0.25, 0.3) is 0 Å². The van der Waals surface area contributed by atoms with E-state index < -0.39 is 66.9 Å². The Morgan fingerprint density at radius 3 is 1.74 bits per heavy atom. The standard InChI is InChI=1S/C31H26N2O10/c34-17-22-16-33(31(39)32-26(22)35)27-25(43-30(38)21-14-8-3-9-15-21)24(42-29(37)20-12-6-2-7-13-20)23(41-27)18-40-28(36)19-10-4-1-5-11-19/h1-16,23-25,27,34H,17-18H2,(H,32,35,39)/t23-,24-,25-,27-/m1/s1. The summed E-state index contributed by atoms with van der Waals surface area (Å²) in [6, 6.07) is 24.1. The number of nitrogens with one attached hydrogen (secondary N) is 1. The highest BCUT2D eigenvalue weighted by atomic mass is 16.7. The van der Waals surface area contributed by atoms with Gasteiger partial charge in [0.1, 0.15) is 12.7 Å². The molecule has 5 rings (SSSR count). The van der Waals surface area contributed by atoms with Gasteiger partial charge in [0.2, 0.25) is 0 Å². The first-order valence-electron chi connectivity index (χ1n) is 13.2. The Labute approximate surface area is 244 Å². The molecule has 2 N–H and O–H groups in total. The lowest BCUT2D eigenvalue weighted by Crippen LogP contribution is -2.43. The monoisotopic (exact) mass is 586 g/mol. The van der Waals surface area contributed by atoms with Gasteiger partial charge in [-0.2, -0.15) is 0 Å². The fourth-order valence-corrected chi connectivity index (χ4v) is 4.51. The van der Waals surface area contributed by atoms with Gasteiger partial charge < -0.3 is 24.1 Å². The lowest BCUT2D eigenvalue weighted by Gasteiger charge is -2.25. The van der Waals surface area contributed by atoms with Crippen molar-refractivity contribution in [2.24, 2.45) is 0 Å². The van der Waals surface area contributed by atoms with Crippen LogP contribution in [-0.2, 0) is 25.6 Å². The molecule has 1 aromatic heterocycles. The normalized spacial score (nSPS) is 19.4. The van der Waals surface area contributed by atoms with Gasteiger partial charge in [0.05, 0.1) is 28.9 Å². The number of nitrogens with zero attached hydrogens (tertiary/aromatic N) is 1. The zero-order valence-corrected chi connectivity index (χ0v) is 22.5. The SMILES string of the molecule is O=C(OC[C@H]1O[C@@H](n2cc(CO)c(=O)[nH]c2=O)[C@H](OC(=O)c2ccccc2)[C@@H]1OC(=O)c1ccccc1)c1ccccc1. The number of carbonyl (C=O) groups excluding carboxylic acids is 3. The maximum Gasteiger partial charge on any atom is 0.338 e. The largest absolute Gasteiger partial charge is 0.459 e. The predicted molar refractivity (Wildman–Crippen MR) is 149 cm³/mol. The van der Waals surface area contributed by atoms with Crippen LogP contribution in [0.1, 0.15) is 42.9 Å². The Bertz CT molecular complexity index is 1700. The van der Waals surface area contributed by atoms with E-state index in [-0.39, 0.29) is 22.3 Å². The molecule has 0 spiro atoms. The molecule has 1 fully saturated rings.